The summed E-state index contributed by atoms with van der Waals surface area (Å²) in [6.45, 7) is 17.4. The molecule has 188 valence electrons. The highest BCUT2D eigenvalue weighted by Crippen LogP contribution is 2.36. The SMILES string of the molecule is CC(C)c1cccc(C(C)C)c1-n1c(C(=O)O)[n+](-c2c(C(C)C)cccc2C(C)C)c2ccccc21. The molecule has 4 rings (SSSR count). The Hall–Kier alpha value is -3.40. The van der Waals surface area contributed by atoms with Gasteiger partial charge in [-0.1, -0.05) is 104 Å². The molecular weight excluding hydrogens is 444 g/mol. The van der Waals surface area contributed by atoms with Crippen molar-refractivity contribution >= 4 is 17.0 Å². The summed E-state index contributed by atoms with van der Waals surface area (Å²) >= 11 is 0. The van der Waals surface area contributed by atoms with Crippen LogP contribution in [0.5, 0.6) is 0 Å². The van der Waals surface area contributed by atoms with Gasteiger partial charge in [0, 0.05) is 22.3 Å². The molecule has 0 atom stereocenters. The lowest BCUT2D eigenvalue weighted by molar-refractivity contribution is -0.572. The minimum Gasteiger partial charge on any atom is -0.472 e. The number of carboxylic acids is 1. The van der Waals surface area contributed by atoms with E-state index in [4.69, 9.17) is 0 Å². The van der Waals surface area contributed by atoms with E-state index in [1.54, 1.807) is 0 Å². The van der Waals surface area contributed by atoms with Crippen LogP contribution in [0.25, 0.3) is 22.4 Å². The smallest absolute Gasteiger partial charge is 0.420 e. The highest BCUT2D eigenvalue weighted by Gasteiger charge is 2.37. The molecule has 0 radical (unpaired) electrons. The summed E-state index contributed by atoms with van der Waals surface area (Å²) in [6.07, 6.45) is 0. The first-order chi connectivity index (χ1) is 17.1. The van der Waals surface area contributed by atoms with E-state index < -0.39 is 5.97 Å². The number of hydrogen-bond acceptors (Lipinski definition) is 1. The predicted octanol–water partition coefficient (Wildman–Crippen LogP) is 8.10. The summed E-state index contributed by atoms with van der Waals surface area (Å²) in [5.74, 6) is 0.287. The highest BCUT2D eigenvalue weighted by molar-refractivity contribution is 5.89. The largest absolute Gasteiger partial charge is 0.472 e. The Labute approximate surface area is 215 Å². The molecule has 0 aliphatic rings. The maximum atomic E-state index is 13.2. The van der Waals surface area contributed by atoms with Gasteiger partial charge in [-0.2, -0.15) is 9.13 Å². The Morgan fingerprint density at radius 3 is 1.56 bits per heavy atom. The molecule has 3 aromatic carbocycles. The quantitative estimate of drug-likeness (QED) is 0.270. The molecule has 0 aliphatic heterocycles. The van der Waals surface area contributed by atoms with Crippen LogP contribution in [0.4, 0.5) is 0 Å². The molecule has 4 heteroatoms. The van der Waals surface area contributed by atoms with E-state index in [0.717, 1.165) is 44.7 Å². The topological polar surface area (TPSA) is 46.1 Å². The van der Waals surface area contributed by atoms with Crippen LogP contribution in [0.2, 0.25) is 0 Å². The minimum absolute atomic E-state index is 0.240. The number of nitrogens with zero attached hydrogens (tertiary/aromatic N) is 2. The van der Waals surface area contributed by atoms with Gasteiger partial charge < -0.3 is 5.11 Å². The number of fused-ring (bicyclic) bond motifs is 1. The summed E-state index contributed by atoms with van der Waals surface area (Å²) in [6, 6.07) is 20.8. The van der Waals surface area contributed by atoms with E-state index in [1.165, 1.54) is 0 Å². The molecule has 0 unspecified atom stereocenters. The Kier molecular flexibility index (Phi) is 7.08. The summed E-state index contributed by atoms with van der Waals surface area (Å²) in [7, 11) is 0. The van der Waals surface area contributed by atoms with Gasteiger partial charge >= 0.3 is 11.8 Å². The number of imidazole rings is 1. The average Bonchev–Trinajstić information content (AvgIpc) is 3.17. The number of para-hydroxylation sites is 4. The van der Waals surface area contributed by atoms with Crippen molar-refractivity contribution in [1.29, 1.82) is 0 Å². The lowest BCUT2D eigenvalue weighted by atomic mass is 9.92. The molecule has 0 amide bonds. The second-order valence-electron chi connectivity index (χ2n) is 11.0. The molecule has 0 saturated heterocycles. The number of carboxylic acid groups (broad SMARTS) is 1. The van der Waals surface area contributed by atoms with E-state index >= 15 is 0 Å². The predicted molar refractivity (Wildman–Crippen MR) is 148 cm³/mol. The van der Waals surface area contributed by atoms with Crippen LogP contribution in [-0.2, 0) is 0 Å². The van der Waals surface area contributed by atoms with E-state index in [1.807, 2.05) is 33.4 Å². The van der Waals surface area contributed by atoms with Crippen molar-refractivity contribution < 1.29 is 14.5 Å². The van der Waals surface area contributed by atoms with Crippen LogP contribution in [0.1, 0.15) is 112 Å². The summed E-state index contributed by atoms with van der Waals surface area (Å²) in [5.41, 5.74) is 8.38. The van der Waals surface area contributed by atoms with Crippen molar-refractivity contribution in [2.75, 3.05) is 0 Å². The van der Waals surface area contributed by atoms with Crippen LogP contribution in [0.15, 0.2) is 60.7 Å². The van der Waals surface area contributed by atoms with Gasteiger partial charge in [0.25, 0.3) is 0 Å². The zero-order valence-electron chi connectivity index (χ0n) is 22.8. The van der Waals surface area contributed by atoms with Gasteiger partial charge in [0.2, 0.25) is 0 Å². The molecule has 1 aromatic heterocycles. The zero-order valence-corrected chi connectivity index (χ0v) is 22.8. The number of carbonyl (C=O) groups is 1. The number of aromatic carboxylic acids is 1. The van der Waals surface area contributed by atoms with Crippen molar-refractivity contribution in [3.8, 4) is 11.4 Å². The van der Waals surface area contributed by atoms with E-state index in [9.17, 15) is 9.90 Å². The van der Waals surface area contributed by atoms with Crippen molar-refractivity contribution in [1.82, 2.24) is 4.57 Å². The zero-order chi connectivity index (χ0) is 26.3. The maximum Gasteiger partial charge on any atom is 0.420 e. The van der Waals surface area contributed by atoms with Crippen LogP contribution in [0, 0.1) is 0 Å². The number of aromatic nitrogens is 2. The van der Waals surface area contributed by atoms with Crippen molar-refractivity contribution in [3.05, 3.63) is 88.7 Å². The first kappa shape index (κ1) is 25.7. The number of benzene rings is 3. The lowest BCUT2D eigenvalue weighted by Gasteiger charge is -2.19. The third-order valence-electron chi connectivity index (χ3n) is 7.11. The van der Waals surface area contributed by atoms with Gasteiger partial charge in [-0.3, -0.25) is 0 Å². The first-order valence-corrected chi connectivity index (χ1v) is 13.1. The van der Waals surface area contributed by atoms with Crippen LogP contribution in [0.3, 0.4) is 0 Å². The van der Waals surface area contributed by atoms with E-state index in [2.05, 4.69) is 91.8 Å². The third-order valence-corrected chi connectivity index (χ3v) is 7.11. The van der Waals surface area contributed by atoms with Crippen LogP contribution in [-0.4, -0.2) is 15.6 Å². The van der Waals surface area contributed by atoms with Crippen LogP contribution < -0.4 is 4.57 Å². The minimum atomic E-state index is -0.937. The fourth-order valence-electron chi connectivity index (χ4n) is 5.35. The lowest BCUT2D eigenvalue weighted by Crippen LogP contribution is -2.40. The molecule has 1 heterocycles. The third kappa shape index (κ3) is 4.23. The second-order valence-corrected chi connectivity index (χ2v) is 11.0. The molecule has 4 nitrogen and oxygen atoms in total. The molecule has 0 aliphatic carbocycles. The Bertz CT molecular complexity index is 1270. The van der Waals surface area contributed by atoms with Gasteiger partial charge in [0.1, 0.15) is 11.4 Å². The Morgan fingerprint density at radius 2 is 1.11 bits per heavy atom. The monoisotopic (exact) mass is 483 g/mol. The summed E-state index contributed by atoms with van der Waals surface area (Å²) in [5, 5.41) is 10.8. The first-order valence-electron chi connectivity index (χ1n) is 13.1. The average molecular weight is 484 g/mol. The van der Waals surface area contributed by atoms with Gasteiger partial charge in [0.15, 0.2) is 11.0 Å². The van der Waals surface area contributed by atoms with Crippen LogP contribution >= 0.6 is 0 Å². The van der Waals surface area contributed by atoms with Crippen molar-refractivity contribution in [2.45, 2.75) is 79.1 Å². The van der Waals surface area contributed by atoms with Gasteiger partial charge in [-0.15, -0.1) is 0 Å². The van der Waals surface area contributed by atoms with E-state index in [-0.39, 0.29) is 29.5 Å². The van der Waals surface area contributed by atoms with Gasteiger partial charge in [-0.05, 0) is 35.8 Å². The number of rotatable bonds is 7. The van der Waals surface area contributed by atoms with Crippen molar-refractivity contribution in [2.24, 2.45) is 0 Å². The fourth-order valence-corrected chi connectivity index (χ4v) is 5.35. The van der Waals surface area contributed by atoms with Crippen molar-refractivity contribution in [3.63, 3.8) is 0 Å². The molecule has 0 spiro atoms. The summed E-state index contributed by atoms with van der Waals surface area (Å²) < 4.78 is 4.01. The highest BCUT2D eigenvalue weighted by atomic mass is 16.4. The fraction of sp³-hybridized carbons (Fsp3) is 0.375. The summed E-state index contributed by atoms with van der Waals surface area (Å²) in [4.78, 5) is 13.2. The Morgan fingerprint density at radius 1 is 0.667 bits per heavy atom. The molecule has 4 aromatic rings. The maximum absolute atomic E-state index is 13.2. The molecule has 36 heavy (non-hydrogen) atoms. The molecular formula is C32H39N2O2+. The Balaban J connectivity index is 2.30. The standard InChI is InChI=1S/C32H38N2O2/c1-19(2)23-13-11-14-24(20(3)4)29(23)33-27-17-9-10-18-28(27)34(31(33)32(35)36)30-25(21(5)6)15-12-16-26(30)22(7)8/h9-22H,1-8H3/p+1. The van der Waals surface area contributed by atoms with Gasteiger partial charge in [0.05, 0.1) is 0 Å². The molecule has 1 N–H and O–H groups in total. The normalized spacial score (nSPS) is 12.0. The molecule has 0 fully saturated rings. The van der Waals surface area contributed by atoms with E-state index in [0.29, 0.717) is 0 Å². The molecule has 0 saturated carbocycles. The second kappa shape index (κ2) is 9.93. The van der Waals surface area contributed by atoms with Gasteiger partial charge in [-0.25, -0.2) is 4.79 Å². The number of hydrogen-bond donors (Lipinski definition) is 1. The molecule has 0 bridgehead atoms.